The number of aliphatic hydroxyl groups is 1. The first-order valence-corrected chi connectivity index (χ1v) is 11.0. The molecule has 2 aromatic rings. The number of amides is 1. The van der Waals surface area contributed by atoms with E-state index in [2.05, 4.69) is 11.8 Å². The van der Waals surface area contributed by atoms with Crippen molar-refractivity contribution in [3.8, 4) is 17.6 Å². The van der Waals surface area contributed by atoms with Crippen LogP contribution in [-0.4, -0.2) is 45.5 Å². The number of anilines is 1. The molecule has 0 aromatic heterocycles. The summed E-state index contributed by atoms with van der Waals surface area (Å²) in [5.41, 5.74) is 1.63. The number of methoxy groups -OCH3 is 1. The zero-order chi connectivity index (χ0) is 21.5. The molecule has 0 unspecified atom stereocenters. The van der Waals surface area contributed by atoms with Gasteiger partial charge in [0.05, 0.1) is 12.8 Å². The molecule has 0 spiro atoms. The van der Waals surface area contributed by atoms with Gasteiger partial charge in [0.15, 0.2) is 5.11 Å². The van der Waals surface area contributed by atoms with Crippen LogP contribution in [0.2, 0.25) is 0 Å². The van der Waals surface area contributed by atoms with Crippen molar-refractivity contribution in [1.82, 2.24) is 4.90 Å². The number of hydrogen-bond donors (Lipinski definition) is 1. The molecule has 0 bridgehead atoms. The van der Waals surface area contributed by atoms with Gasteiger partial charge in [-0.3, -0.25) is 9.69 Å². The fourth-order valence-corrected chi connectivity index (χ4v) is 5.39. The normalized spacial score (nSPS) is 20.8. The van der Waals surface area contributed by atoms with Crippen LogP contribution < -0.4 is 9.64 Å². The van der Waals surface area contributed by atoms with Gasteiger partial charge in [0.1, 0.15) is 22.8 Å². The Morgan fingerprint density at radius 2 is 1.83 bits per heavy atom. The van der Waals surface area contributed by atoms with Crippen LogP contribution in [0.15, 0.2) is 48.5 Å². The monoisotopic (exact) mass is 438 g/mol. The predicted molar refractivity (Wildman–Crippen MR) is 124 cm³/mol. The molecule has 1 N–H and O–H groups in total. The number of hydrogen-bond acceptors (Lipinski definition) is 5. The number of thiocarbonyl (C=S) groups is 1. The van der Waals surface area contributed by atoms with Gasteiger partial charge in [-0.15, -0.1) is 11.8 Å². The van der Waals surface area contributed by atoms with Crippen LogP contribution in [-0.2, 0) is 4.79 Å². The van der Waals surface area contributed by atoms with Crippen molar-refractivity contribution in [1.29, 1.82) is 0 Å². The first-order valence-electron chi connectivity index (χ1n) is 9.56. The first-order chi connectivity index (χ1) is 14.3. The average Bonchev–Trinajstić information content (AvgIpc) is 3.27. The second-order valence-corrected chi connectivity index (χ2v) is 9.17. The van der Waals surface area contributed by atoms with Gasteiger partial charge in [0.25, 0.3) is 5.91 Å². The molecule has 0 saturated carbocycles. The minimum atomic E-state index is -1.03. The minimum Gasteiger partial charge on any atom is -0.497 e. The predicted octanol–water partition coefficient (Wildman–Crippen LogP) is 3.57. The summed E-state index contributed by atoms with van der Waals surface area (Å²) in [5.74, 6) is 7.23. The zero-order valence-corrected chi connectivity index (χ0v) is 18.6. The maximum absolute atomic E-state index is 13.1. The van der Waals surface area contributed by atoms with Gasteiger partial charge < -0.3 is 14.7 Å². The largest absolute Gasteiger partial charge is 0.497 e. The van der Waals surface area contributed by atoms with Crippen molar-refractivity contribution in [2.75, 3.05) is 17.8 Å². The lowest BCUT2D eigenvalue weighted by molar-refractivity contribution is -0.119. The van der Waals surface area contributed by atoms with Gasteiger partial charge in [-0.25, -0.2) is 0 Å². The Bertz CT molecular complexity index is 1030. The molecule has 5 nitrogen and oxygen atoms in total. The molecule has 7 heteroatoms. The zero-order valence-electron chi connectivity index (χ0n) is 17.0. The Morgan fingerprint density at radius 1 is 1.17 bits per heavy atom. The lowest BCUT2D eigenvalue weighted by atomic mass is 10.1. The number of carbonyl (C=O) groups is 1. The first kappa shape index (κ1) is 20.7. The molecule has 2 aliphatic heterocycles. The summed E-state index contributed by atoms with van der Waals surface area (Å²) in [6.07, 6.45) is 0. The van der Waals surface area contributed by atoms with E-state index in [1.54, 1.807) is 37.6 Å². The quantitative estimate of drug-likeness (QED) is 0.584. The van der Waals surface area contributed by atoms with Gasteiger partial charge in [-0.1, -0.05) is 24.0 Å². The third-order valence-corrected chi connectivity index (χ3v) is 6.67. The Kier molecular flexibility index (Phi) is 5.49. The Balaban J connectivity index is 1.57. The maximum atomic E-state index is 13.1. The molecule has 0 radical (unpaired) electrons. The molecular formula is C23H22N2O3S2. The summed E-state index contributed by atoms with van der Waals surface area (Å²) in [7, 11) is 1.61. The van der Waals surface area contributed by atoms with E-state index < -0.39 is 5.60 Å². The molecule has 2 atom stereocenters. The van der Waals surface area contributed by atoms with Gasteiger partial charge in [0.2, 0.25) is 0 Å². The van der Waals surface area contributed by atoms with Crippen LogP contribution in [0.5, 0.6) is 5.75 Å². The summed E-state index contributed by atoms with van der Waals surface area (Å²) >= 11 is 7.44. The van der Waals surface area contributed by atoms with Crippen molar-refractivity contribution in [2.45, 2.75) is 30.9 Å². The molecule has 1 amide bonds. The van der Waals surface area contributed by atoms with E-state index in [9.17, 15) is 9.90 Å². The average molecular weight is 439 g/mol. The molecule has 4 rings (SSSR count). The number of ether oxygens (including phenoxy) is 1. The van der Waals surface area contributed by atoms with Gasteiger partial charge in [-0.2, -0.15) is 0 Å². The third kappa shape index (κ3) is 3.91. The van der Waals surface area contributed by atoms with Crippen LogP contribution in [0.3, 0.4) is 0 Å². The highest BCUT2D eigenvalue weighted by molar-refractivity contribution is 7.99. The van der Waals surface area contributed by atoms with E-state index in [1.165, 1.54) is 0 Å². The smallest absolute Gasteiger partial charge is 0.257 e. The second-order valence-electron chi connectivity index (χ2n) is 7.69. The molecule has 154 valence electrons. The van der Waals surface area contributed by atoms with Gasteiger partial charge in [0, 0.05) is 11.3 Å². The fourth-order valence-electron chi connectivity index (χ4n) is 3.47. The van der Waals surface area contributed by atoms with E-state index in [-0.39, 0.29) is 17.3 Å². The summed E-state index contributed by atoms with van der Waals surface area (Å²) in [4.78, 5) is 16.7. The topological polar surface area (TPSA) is 53.0 Å². The van der Waals surface area contributed by atoms with E-state index in [4.69, 9.17) is 17.0 Å². The Hall–Kier alpha value is -2.53. The number of thioether (sulfide) groups is 1. The highest BCUT2D eigenvalue weighted by Gasteiger charge is 2.50. The SMILES string of the molecule is COc1ccc(N2C(=O)[C@@H]3CS[C@H](c4ccc(C#CC(C)(C)O)cc4)N3C2=S)cc1. The number of nitrogens with zero attached hydrogens (tertiary/aromatic N) is 2. The number of carbonyl (C=O) groups excluding carboxylic acids is 1. The second kappa shape index (κ2) is 7.95. The third-order valence-electron chi connectivity index (χ3n) is 4.96. The van der Waals surface area contributed by atoms with Crippen molar-refractivity contribution < 1.29 is 14.6 Å². The van der Waals surface area contributed by atoms with E-state index in [1.807, 2.05) is 53.4 Å². The lowest BCUT2D eigenvalue weighted by Crippen LogP contribution is -2.33. The summed E-state index contributed by atoms with van der Waals surface area (Å²) in [6, 6.07) is 15.0. The van der Waals surface area contributed by atoms with Crippen molar-refractivity contribution in [2.24, 2.45) is 0 Å². The molecule has 30 heavy (non-hydrogen) atoms. The summed E-state index contributed by atoms with van der Waals surface area (Å²) in [5, 5.41) is 10.3. The van der Waals surface area contributed by atoms with Crippen LogP contribution in [0.25, 0.3) is 0 Å². The molecular weight excluding hydrogens is 416 g/mol. The van der Waals surface area contributed by atoms with E-state index in [0.717, 1.165) is 22.6 Å². The number of fused-ring (bicyclic) bond motifs is 1. The van der Waals surface area contributed by atoms with Crippen molar-refractivity contribution >= 4 is 40.7 Å². The summed E-state index contributed by atoms with van der Waals surface area (Å²) < 4.78 is 5.21. The van der Waals surface area contributed by atoms with Crippen molar-refractivity contribution in [3.63, 3.8) is 0 Å². The lowest BCUT2D eigenvalue weighted by Gasteiger charge is -2.25. The van der Waals surface area contributed by atoms with Crippen LogP contribution in [0.4, 0.5) is 5.69 Å². The summed E-state index contributed by atoms with van der Waals surface area (Å²) in [6.45, 7) is 3.31. The molecule has 0 aliphatic carbocycles. The standard InChI is InChI=1S/C23H22N2O3S2/c1-23(2,27)13-12-15-4-6-16(7-5-15)21-25-19(14-30-21)20(26)24(22(25)29)17-8-10-18(28-3)11-9-17/h4-11,19,21,27H,14H2,1-3H3/t19-,21+/m0/s1. The molecule has 2 fully saturated rings. The van der Waals surface area contributed by atoms with Crippen LogP contribution >= 0.6 is 24.0 Å². The highest BCUT2D eigenvalue weighted by atomic mass is 32.2. The molecule has 2 heterocycles. The van der Waals surface area contributed by atoms with Crippen molar-refractivity contribution in [3.05, 3.63) is 59.7 Å². The fraction of sp³-hybridized carbons (Fsp3) is 0.304. The number of benzene rings is 2. The molecule has 2 aromatic carbocycles. The van der Waals surface area contributed by atoms with Gasteiger partial charge >= 0.3 is 0 Å². The highest BCUT2D eigenvalue weighted by Crippen LogP contribution is 2.46. The maximum Gasteiger partial charge on any atom is 0.257 e. The van der Waals surface area contributed by atoms with Crippen LogP contribution in [0.1, 0.15) is 30.3 Å². The van der Waals surface area contributed by atoms with Gasteiger partial charge in [-0.05, 0) is 68.0 Å². The van der Waals surface area contributed by atoms with Crippen LogP contribution in [0, 0.1) is 11.8 Å². The van der Waals surface area contributed by atoms with E-state index >= 15 is 0 Å². The van der Waals surface area contributed by atoms with E-state index in [0.29, 0.717) is 10.9 Å². The Morgan fingerprint density at radius 3 is 2.43 bits per heavy atom. The number of rotatable bonds is 3. The molecule has 2 aliphatic rings. The minimum absolute atomic E-state index is 0.00725. The molecule has 2 saturated heterocycles. The Labute approximate surface area is 186 Å².